The maximum atomic E-state index is 13.9. The van der Waals surface area contributed by atoms with E-state index in [9.17, 15) is 19.5 Å². The SMILES string of the molecule is CC[C@]12CCC3(O1)C(C(=O)NCc1ccccc1)N(CCCO)C(=O)[C@@H]3[C@H]2C(=O)NCc1ccccc1. The first-order valence-corrected chi connectivity index (χ1v) is 13.2. The van der Waals surface area contributed by atoms with Gasteiger partial charge in [0.15, 0.2) is 0 Å². The highest BCUT2D eigenvalue weighted by atomic mass is 16.5. The Labute approximate surface area is 217 Å². The van der Waals surface area contributed by atoms with Gasteiger partial charge in [-0.05, 0) is 36.8 Å². The summed E-state index contributed by atoms with van der Waals surface area (Å²) >= 11 is 0. The van der Waals surface area contributed by atoms with Gasteiger partial charge in [-0.25, -0.2) is 0 Å². The van der Waals surface area contributed by atoms with Crippen molar-refractivity contribution in [2.45, 2.75) is 62.9 Å². The molecule has 2 aromatic rings. The molecule has 2 unspecified atom stereocenters. The van der Waals surface area contributed by atoms with Crippen LogP contribution in [0.2, 0.25) is 0 Å². The van der Waals surface area contributed by atoms with Crippen molar-refractivity contribution in [2.75, 3.05) is 13.2 Å². The summed E-state index contributed by atoms with van der Waals surface area (Å²) in [6, 6.07) is 18.4. The van der Waals surface area contributed by atoms with Gasteiger partial charge in [0.1, 0.15) is 11.6 Å². The van der Waals surface area contributed by atoms with Crippen molar-refractivity contribution < 1.29 is 24.2 Å². The summed E-state index contributed by atoms with van der Waals surface area (Å²) in [6.07, 6.45) is 2.09. The topological polar surface area (TPSA) is 108 Å². The van der Waals surface area contributed by atoms with Crippen molar-refractivity contribution in [1.29, 1.82) is 0 Å². The van der Waals surface area contributed by atoms with Crippen LogP contribution in [0.15, 0.2) is 60.7 Å². The van der Waals surface area contributed by atoms with Crippen LogP contribution in [0.3, 0.4) is 0 Å². The monoisotopic (exact) mass is 505 g/mol. The number of rotatable bonds is 10. The van der Waals surface area contributed by atoms with Crippen LogP contribution >= 0.6 is 0 Å². The molecule has 8 nitrogen and oxygen atoms in total. The molecule has 3 heterocycles. The van der Waals surface area contributed by atoms with Gasteiger partial charge in [0.2, 0.25) is 17.7 Å². The molecular weight excluding hydrogens is 470 g/mol. The molecule has 5 atom stereocenters. The maximum Gasteiger partial charge on any atom is 0.246 e. The fourth-order valence-corrected chi connectivity index (χ4v) is 6.67. The zero-order valence-corrected chi connectivity index (χ0v) is 21.2. The Morgan fingerprint density at radius 3 is 2.14 bits per heavy atom. The summed E-state index contributed by atoms with van der Waals surface area (Å²) in [5.41, 5.74) is 0.0943. The Hall–Kier alpha value is -3.23. The largest absolute Gasteiger partial charge is 0.396 e. The normalized spacial score (nSPS) is 29.8. The molecule has 0 radical (unpaired) electrons. The second-order valence-electron chi connectivity index (χ2n) is 10.3. The Balaban J connectivity index is 1.43. The van der Waals surface area contributed by atoms with Crippen LogP contribution in [0.25, 0.3) is 0 Å². The number of aliphatic hydroxyl groups is 1. The number of fused-ring (bicyclic) bond motifs is 1. The molecule has 0 saturated carbocycles. The van der Waals surface area contributed by atoms with Gasteiger partial charge in [0, 0.05) is 26.2 Å². The first-order valence-electron chi connectivity index (χ1n) is 13.2. The molecule has 3 amide bonds. The average molecular weight is 506 g/mol. The van der Waals surface area contributed by atoms with Crippen molar-refractivity contribution in [3.63, 3.8) is 0 Å². The van der Waals surface area contributed by atoms with Crippen molar-refractivity contribution in [3.8, 4) is 0 Å². The van der Waals surface area contributed by atoms with Gasteiger partial charge in [0.05, 0.1) is 17.4 Å². The minimum Gasteiger partial charge on any atom is -0.396 e. The number of nitrogens with zero attached hydrogens (tertiary/aromatic N) is 1. The molecule has 3 saturated heterocycles. The highest BCUT2D eigenvalue weighted by Crippen LogP contribution is 2.64. The lowest BCUT2D eigenvalue weighted by atomic mass is 9.65. The molecule has 8 heteroatoms. The number of likely N-dealkylation sites (tertiary alicyclic amines) is 1. The molecule has 2 aromatic carbocycles. The first-order chi connectivity index (χ1) is 18.0. The molecule has 3 fully saturated rings. The minimum absolute atomic E-state index is 0.0967. The van der Waals surface area contributed by atoms with Crippen LogP contribution in [0.1, 0.15) is 43.7 Å². The molecule has 0 aliphatic carbocycles. The molecule has 3 aliphatic heterocycles. The Morgan fingerprint density at radius 2 is 1.57 bits per heavy atom. The van der Waals surface area contributed by atoms with Gasteiger partial charge < -0.3 is 25.4 Å². The predicted octanol–water partition coefficient (Wildman–Crippen LogP) is 2.16. The fraction of sp³-hybridized carbons (Fsp3) is 0.483. The molecule has 3 aliphatic rings. The smallest absolute Gasteiger partial charge is 0.246 e. The molecule has 2 bridgehead atoms. The van der Waals surface area contributed by atoms with Crippen molar-refractivity contribution in [3.05, 3.63) is 71.8 Å². The van der Waals surface area contributed by atoms with Crippen LogP contribution < -0.4 is 10.6 Å². The summed E-state index contributed by atoms with van der Waals surface area (Å²) in [6.45, 7) is 2.81. The van der Waals surface area contributed by atoms with Crippen molar-refractivity contribution in [1.82, 2.24) is 15.5 Å². The molecular formula is C29H35N3O5. The number of carbonyl (C=O) groups is 3. The van der Waals surface area contributed by atoms with E-state index >= 15 is 0 Å². The number of ether oxygens (including phenoxy) is 1. The van der Waals surface area contributed by atoms with Crippen LogP contribution in [0, 0.1) is 11.8 Å². The standard InChI is InChI=1S/C29H35N3O5/c1-2-28-14-15-29(37-28)23(22(28)25(34)30-18-20-10-5-3-6-11-20)27(36)32(16-9-17-33)24(29)26(35)31-19-21-12-7-4-8-13-21/h3-8,10-13,22-24,33H,2,9,14-19H2,1H3,(H,30,34)(H,31,35)/t22-,23-,24?,28+,29?/m0/s1. The summed E-state index contributed by atoms with van der Waals surface area (Å²) in [5.74, 6) is -2.13. The average Bonchev–Trinajstić information content (AvgIpc) is 3.54. The highest BCUT2D eigenvalue weighted by Gasteiger charge is 2.78. The fourth-order valence-electron chi connectivity index (χ4n) is 6.67. The van der Waals surface area contributed by atoms with Gasteiger partial charge in [-0.3, -0.25) is 14.4 Å². The van der Waals surface area contributed by atoms with E-state index in [2.05, 4.69) is 10.6 Å². The number of nitrogens with one attached hydrogen (secondary N) is 2. The lowest BCUT2D eigenvalue weighted by Crippen LogP contribution is -2.55. The van der Waals surface area contributed by atoms with Gasteiger partial charge in [-0.15, -0.1) is 0 Å². The second kappa shape index (κ2) is 10.3. The number of amides is 3. The van der Waals surface area contributed by atoms with Gasteiger partial charge in [0.25, 0.3) is 0 Å². The third-order valence-corrected chi connectivity index (χ3v) is 8.39. The van der Waals surface area contributed by atoms with Crippen molar-refractivity contribution >= 4 is 17.7 Å². The quantitative estimate of drug-likeness (QED) is 0.459. The van der Waals surface area contributed by atoms with Crippen LogP contribution in [0.5, 0.6) is 0 Å². The van der Waals surface area contributed by atoms with E-state index in [1.165, 1.54) is 0 Å². The summed E-state index contributed by atoms with van der Waals surface area (Å²) in [7, 11) is 0. The molecule has 37 heavy (non-hydrogen) atoms. The van der Waals surface area contributed by atoms with Crippen LogP contribution in [0.4, 0.5) is 0 Å². The number of carbonyl (C=O) groups excluding carboxylic acids is 3. The molecule has 5 rings (SSSR count). The highest BCUT2D eigenvalue weighted by molar-refractivity contribution is 5.99. The Kier molecular flexibility index (Phi) is 7.05. The number of benzene rings is 2. The van der Waals surface area contributed by atoms with E-state index in [0.717, 1.165) is 11.1 Å². The van der Waals surface area contributed by atoms with Gasteiger partial charge in [-0.1, -0.05) is 67.6 Å². The van der Waals surface area contributed by atoms with Crippen LogP contribution in [-0.2, 0) is 32.2 Å². The van der Waals surface area contributed by atoms with E-state index in [-0.39, 0.29) is 30.9 Å². The van der Waals surface area contributed by atoms with Gasteiger partial charge >= 0.3 is 0 Å². The zero-order valence-electron chi connectivity index (χ0n) is 21.2. The predicted molar refractivity (Wildman–Crippen MR) is 137 cm³/mol. The third-order valence-electron chi connectivity index (χ3n) is 8.39. The number of aliphatic hydroxyl groups excluding tert-OH is 1. The third kappa shape index (κ3) is 4.32. The van der Waals surface area contributed by atoms with E-state index in [0.29, 0.717) is 38.8 Å². The molecule has 1 spiro atoms. The number of hydrogen-bond acceptors (Lipinski definition) is 5. The summed E-state index contributed by atoms with van der Waals surface area (Å²) in [5, 5.41) is 15.5. The van der Waals surface area contributed by atoms with Crippen molar-refractivity contribution in [2.24, 2.45) is 11.8 Å². The second-order valence-corrected chi connectivity index (χ2v) is 10.3. The van der Waals surface area contributed by atoms with E-state index < -0.39 is 29.1 Å². The molecule has 3 N–H and O–H groups in total. The maximum absolute atomic E-state index is 13.9. The van der Waals surface area contributed by atoms with Crippen LogP contribution in [-0.4, -0.2) is 58.1 Å². The summed E-state index contributed by atoms with van der Waals surface area (Å²) < 4.78 is 6.73. The zero-order chi connectivity index (χ0) is 26.0. The Bertz CT molecular complexity index is 1140. The van der Waals surface area contributed by atoms with E-state index in [1.54, 1.807) is 4.90 Å². The molecule has 0 aromatic heterocycles. The van der Waals surface area contributed by atoms with E-state index in [1.807, 2.05) is 67.6 Å². The van der Waals surface area contributed by atoms with E-state index in [4.69, 9.17) is 4.74 Å². The summed E-state index contributed by atoms with van der Waals surface area (Å²) in [4.78, 5) is 42.8. The van der Waals surface area contributed by atoms with Gasteiger partial charge in [-0.2, -0.15) is 0 Å². The number of hydrogen-bond donors (Lipinski definition) is 3. The lowest BCUT2D eigenvalue weighted by Gasteiger charge is -2.34. The first kappa shape index (κ1) is 25.4. The lowest BCUT2D eigenvalue weighted by molar-refractivity contribution is -0.147. The Morgan fingerprint density at radius 1 is 0.973 bits per heavy atom. The molecule has 196 valence electrons. The minimum atomic E-state index is -1.06.